The van der Waals surface area contributed by atoms with Crippen LogP contribution in [-0.2, 0) is 14.2 Å². The lowest BCUT2D eigenvalue weighted by Crippen LogP contribution is -2.72. The quantitative estimate of drug-likeness (QED) is 0.357. The van der Waals surface area contributed by atoms with Crippen LogP contribution in [0.5, 0.6) is 0 Å². The van der Waals surface area contributed by atoms with Gasteiger partial charge in [0, 0.05) is 44.2 Å². The van der Waals surface area contributed by atoms with Crippen LogP contribution in [0.1, 0.15) is 45.4 Å². The fraction of sp³-hybridized carbons (Fsp3) is 0.947. The number of nitrogens with zero attached hydrogens (tertiary/aromatic N) is 1. The second-order valence-corrected chi connectivity index (χ2v) is 7.53. The van der Waals surface area contributed by atoms with Crippen LogP contribution in [0.2, 0.25) is 0 Å². The van der Waals surface area contributed by atoms with Crippen molar-refractivity contribution in [1.82, 2.24) is 10.6 Å². The van der Waals surface area contributed by atoms with Gasteiger partial charge < -0.3 is 24.8 Å². The third-order valence-electron chi connectivity index (χ3n) is 6.11. The summed E-state index contributed by atoms with van der Waals surface area (Å²) in [6.07, 6.45) is 7.90. The maximum absolute atomic E-state index is 5.98. The Morgan fingerprint density at radius 1 is 1.20 bits per heavy atom. The normalized spacial score (nSPS) is 29.8. The highest BCUT2D eigenvalue weighted by Crippen LogP contribution is 2.62. The number of fused-ring (bicyclic) bond motifs is 2. The molecule has 0 aromatic heterocycles. The van der Waals surface area contributed by atoms with Crippen LogP contribution in [0.4, 0.5) is 0 Å². The van der Waals surface area contributed by atoms with Crippen LogP contribution in [0.15, 0.2) is 4.99 Å². The summed E-state index contributed by atoms with van der Waals surface area (Å²) in [7, 11) is 1.84. The van der Waals surface area contributed by atoms with Crippen molar-refractivity contribution in [2.45, 2.75) is 57.6 Å². The smallest absolute Gasteiger partial charge is 0.191 e. The van der Waals surface area contributed by atoms with Crippen LogP contribution in [0, 0.1) is 11.3 Å². The van der Waals surface area contributed by atoms with Crippen LogP contribution < -0.4 is 10.6 Å². The van der Waals surface area contributed by atoms with Gasteiger partial charge in [-0.15, -0.1) is 0 Å². The van der Waals surface area contributed by atoms with Crippen LogP contribution >= 0.6 is 0 Å². The molecule has 144 valence electrons. The van der Waals surface area contributed by atoms with Gasteiger partial charge in [-0.3, -0.25) is 4.99 Å². The van der Waals surface area contributed by atoms with Crippen molar-refractivity contribution in [2.24, 2.45) is 16.3 Å². The van der Waals surface area contributed by atoms with E-state index in [0.717, 1.165) is 32.1 Å². The Morgan fingerprint density at radius 3 is 2.68 bits per heavy atom. The minimum Gasteiger partial charge on any atom is -0.379 e. The van der Waals surface area contributed by atoms with Gasteiger partial charge in [0.05, 0.1) is 25.9 Å². The Balaban J connectivity index is 1.30. The number of unbranched alkanes of at least 4 members (excludes halogenated alkanes) is 1. The van der Waals surface area contributed by atoms with Crippen LogP contribution in [0.3, 0.4) is 0 Å². The second-order valence-electron chi connectivity index (χ2n) is 7.53. The molecular weight excluding hydrogens is 318 g/mol. The lowest BCUT2D eigenvalue weighted by atomic mass is 9.46. The molecule has 0 aromatic carbocycles. The van der Waals surface area contributed by atoms with Gasteiger partial charge in [0.1, 0.15) is 0 Å². The summed E-state index contributed by atoms with van der Waals surface area (Å²) in [5, 5.41) is 7.05. The highest BCUT2D eigenvalue weighted by Gasteiger charge is 2.66. The third-order valence-corrected chi connectivity index (χ3v) is 6.11. The van der Waals surface area contributed by atoms with E-state index in [4.69, 9.17) is 14.2 Å². The lowest BCUT2D eigenvalue weighted by Gasteiger charge is -2.63. The molecule has 1 heterocycles. The number of rotatable bonds is 10. The largest absolute Gasteiger partial charge is 0.379 e. The van der Waals surface area contributed by atoms with Crippen molar-refractivity contribution in [3.8, 4) is 0 Å². The molecule has 0 amide bonds. The SMILES string of the molecule is CCCCOCCOCCNC(=NC)NC1C2CCOC2C12CCC2. The van der Waals surface area contributed by atoms with Gasteiger partial charge in [-0.2, -0.15) is 0 Å². The molecule has 2 N–H and O–H groups in total. The molecule has 2 aliphatic carbocycles. The summed E-state index contributed by atoms with van der Waals surface area (Å²) < 4.78 is 17.1. The van der Waals surface area contributed by atoms with E-state index in [1.54, 1.807) is 0 Å². The highest BCUT2D eigenvalue weighted by molar-refractivity contribution is 5.80. The maximum atomic E-state index is 5.98. The van der Waals surface area contributed by atoms with E-state index in [9.17, 15) is 0 Å². The first-order chi connectivity index (χ1) is 12.3. The third kappa shape index (κ3) is 4.12. The highest BCUT2D eigenvalue weighted by atomic mass is 16.5. The Kier molecular flexibility index (Phi) is 6.96. The maximum Gasteiger partial charge on any atom is 0.191 e. The predicted molar refractivity (Wildman–Crippen MR) is 99.0 cm³/mol. The topological polar surface area (TPSA) is 64.1 Å². The van der Waals surface area contributed by atoms with E-state index in [1.165, 1.54) is 32.1 Å². The Morgan fingerprint density at radius 2 is 2.00 bits per heavy atom. The fourth-order valence-electron chi connectivity index (χ4n) is 4.61. The van der Waals surface area contributed by atoms with E-state index in [1.807, 2.05) is 7.05 Å². The van der Waals surface area contributed by atoms with Crippen molar-refractivity contribution in [3.63, 3.8) is 0 Å². The first-order valence-corrected chi connectivity index (χ1v) is 10.1. The van der Waals surface area contributed by atoms with E-state index in [2.05, 4.69) is 22.5 Å². The van der Waals surface area contributed by atoms with Crippen LogP contribution in [0.25, 0.3) is 0 Å². The summed E-state index contributed by atoms with van der Waals surface area (Å²) in [6.45, 7) is 6.70. The molecule has 1 saturated heterocycles. The monoisotopic (exact) mass is 353 g/mol. The van der Waals surface area contributed by atoms with E-state index >= 15 is 0 Å². The first kappa shape index (κ1) is 18.9. The summed E-state index contributed by atoms with van der Waals surface area (Å²) in [6, 6.07) is 0.521. The molecule has 3 fully saturated rings. The molecule has 3 unspecified atom stereocenters. The van der Waals surface area contributed by atoms with Crippen molar-refractivity contribution >= 4 is 5.96 Å². The molecule has 3 atom stereocenters. The molecule has 0 bridgehead atoms. The molecule has 3 rings (SSSR count). The first-order valence-electron chi connectivity index (χ1n) is 10.1. The number of ether oxygens (including phenoxy) is 3. The van der Waals surface area contributed by atoms with Gasteiger partial charge in [-0.1, -0.05) is 19.8 Å². The van der Waals surface area contributed by atoms with Gasteiger partial charge in [0.25, 0.3) is 0 Å². The molecule has 2 saturated carbocycles. The zero-order valence-electron chi connectivity index (χ0n) is 15.9. The Bertz CT molecular complexity index is 440. The molecule has 3 aliphatic rings. The molecule has 0 radical (unpaired) electrons. The van der Waals surface area contributed by atoms with Gasteiger partial charge in [0.15, 0.2) is 5.96 Å². The fourth-order valence-corrected chi connectivity index (χ4v) is 4.61. The Hall–Kier alpha value is -0.850. The number of guanidine groups is 1. The molecule has 25 heavy (non-hydrogen) atoms. The summed E-state index contributed by atoms with van der Waals surface area (Å²) in [4.78, 5) is 4.39. The van der Waals surface area contributed by atoms with Crippen molar-refractivity contribution < 1.29 is 14.2 Å². The van der Waals surface area contributed by atoms with Gasteiger partial charge in [-0.25, -0.2) is 0 Å². The van der Waals surface area contributed by atoms with Gasteiger partial charge in [0.2, 0.25) is 0 Å². The standard InChI is InChI=1S/C19H35N3O3/c1-3-4-10-23-13-14-24-12-9-21-18(20-2)22-16-15-6-11-25-17(15)19(16)7-5-8-19/h15-17H,3-14H2,1-2H3,(H2,20,21,22). The summed E-state index contributed by atoms with van der Waals surface area (Å²) in [5.74, 6) is 1.56. The van der Waals surface area contributed by atoms with Crippen LogP contribution in [-0.4, -0.2) is 64.7 Å². The number of aliphatic imine (C=N–C) groups is 1. The minimum absolute atomic E-state index is 0.380. The second kappa shape index (κ2) is 9.19. The van der Waals surface area contributed by atoms with E-state index < -0.39 is 0 Å². The number of hydrogen-bond donors (Lipinski definition) is 2. The van der Waals surface area contributed by atoms with Gasteiger partial charge >= 0.3 is 0 Å². The van der Waals surface area contributed by atoms with Crippen molar-refractivity contribution in [3.05, 3.63) is 0 Å². The minimum atomic E-state index is 0.380. The van der Waals surface area contributed by atoms with Gasteiger partial charge in [-0.05, 0) is 25.7 Å². The zero-order chi connectivity index (χ0) is 17.5. The van der Waals surface area contributed by atoms with Crippen molar-refractivity contribution in [2.75, 3.05) is 46.6 Å². The van der Waals surface area contributed by atoms with E-state index in [-0.39, 0.29) is 0 Å². The average molecular weight is 354 g/mol. The van der Waals surface area contributed by atoms with E-state index in [0.29, 0.717) is 43.3 Å². The lowest BCUT2D eigenvalue weighted by molar-refractivity contribution is -0.171. The molecule has 0 aromatic rings. The molecule has 6 heteroatoms. The zero-order valence-corrected chi connectivity index (χ0v) is 15.9. The average Bonchev–Trinajstić information content (AvgIpc) is 2.99. The summed E-state index contributed by atoms with van der Waals surface area (Å²) in [5.41, 5.74) is 0.380. The molecular formula is C19H35N3O3. The number of hydrogen-bond acceptors (Lipinski definition) is 4. The van der Waals surface area contributed by atoms with Crippen molar-refractivity contribution in [1.29, 1.82) is 0 Å². The molecule has 1 spiro atoms. The molecule has 1 aliphatic heterocycles. The predicted octanol–water partition coefficient (Wildman–Crippen LogP) is 1.94. The number of nitrogens with one attached hydrogen (secondary N) is 2. The Labute approximate surface area is 152 Å². The molecule has 6 nitrogen and oxygen atoms in total. The summed E-state index contributed by atoms with van der Waals surface area (Å²) >= 11 is 0.